The van der Waals surface area contributed by atoms with Crippen molar-refractivity contribution in [3.05, 3.63) is 107 Å². The number of carbonyl (C=O) groups excluding carboxylic acids is 4. The summed E-state index contributed by atoms with van der Waals surface area (Å²) in [5, 5.41) is 81.1. The van der Waals surface area contributed by atoms with Crippen molar-refractivity contribution in [2.45, 2.75) is 203 Å². The number of imidazole rings is 5. The summed E-state index contributed by atoms with van der Waals surface area (Å²) in [4.78, 5) is 119. The molecule has 15 atom stereocenters. The molecule has 53 nitrogen and oxygen atoms in total. The van der Waals surface area contributed by atoms with Crippen LogP contribution >= 0.6 is 0 Å². The van der Waals surface area contributed by atoms with Gasteiger partial charge in [-0.1, -0.05) is 29.6 Å². The van der Waals surface area contributed by atoms with E-state index in [0.29, 0.717) is 62.5 Å². The number of hydrogen-bond donors (Lipinski definition) is 14. The fraction of sp³-hybridized carbons (Fsp3) is 0.459. The summed E-state index contributed by atoms with van der Waals surface area (Å²) in [6.45, 7) is 16.3. The number of carbonyl (C=O) groups is 4. The molecule has 17 rings (SSSR count). The van der Waals surface area contributed by atoms with Crippen LogP contribution in [0.25, 0.3) is 55.8 Å². The lowest BCUT2D eigenvalue weighted by atomic mass is 9.99. The average Bonchev–Trinajstić information content (AvgIpc) is 1.63. The van der Waals surface area contributed by atoms with Crippen molar-refractivity contribution in [1.82, 2.24) is 108 Å². The van der Waals surface area contributed by atoms with E-state index < -0.39 is 152 Å². The molecule has 5 fully saturated rings. The summed E-state index contributed by atoms with van der Waals surface area (Å²) < 4.78 is 110. The fourth-order valence-electron chi connectivity index (χ4n) is 15.0. The molecular weight excluding hydrogens is 1850 g/mol. The van der Waals surface area contributed by atoms with Gasteiger partial charge in [0.05, 0.1) is 57.5 Å². The first-order valence-corrected chi connectivity index (χ1v) is 42.3. The third kappa shape index (κ3) is 21.2. The molecule has 17 heterocycles. The monoisotopic (exact) mass is 1950 g/mol. The Morgan fingerprint density at radius 3 is 1.20 bits per heavy atom. The molecule has 55 heteroatoms. The number of aliphatic hydroxyl groups excluding tert-OH is 7. The van der Waals surface area contributed by atoms with Crippen molar-refractivity contribution in [2.24, 2.45) is 0 Å². The number of terminal acetylenes is 5. The molecule has 0 bridgehead atoms. The van der Waals surface area contributed by atoms with Gasteiger partial charge in [-0.05, 0) is 68.9 Å². The highest BCUT2D eigenvalue weighted by atomic mass is 19.1. The number of nitrogen functional groups attached to an aromatic ring is 3. The van der Waals surface area contributed by atoms with Crippen LogP contribution < -0.4 is 44.3 Å². The summed E-state index contributed by atoms with van der Waals surface area (Å²) >= 11 is 0. The average molecular weight is 1950 g/mol. The molecule has 0 radical (unpaired) electrons. The second-order valence-corrected chi connectivity index (χ2v) is 32.3. The number of ether oxygens (including phenoxy) is 12. The van der Waals surface area contributed by atoms with E-state index in [1.165, 1.54) is 54.7 Å². The summed E-state index contributed by atoms with van der Waals surface area (Å²) in [5.74, 6) is 14.3. The predicted molar refractivity (Wildman–Crippen MR) is 476 cm³/mol. The highest BCUT2D eigenvalue weighted by Gasteiger charge is 2.54. The summed E-state index contributed by atoms with van der Waals surface area (Å²) in [6, 6.07) is -0.0906. The number of alkyl carbamates (subject to hydrolysis) is 2. The van der Waals surface area contributed by atoms with E-state index >= 15 is 0 Å². The van der Waals surface area contributed by atoms with Crippen LogP contribution in [0.4, 0.5) is 57.0 Å². The number of allylic oxidation sites excluding steroid dienone is 1. The Kier molecular flexibility index (Phi) is 30.3. The second-order valence-electron chi connectivity index (χ2n) is 32.3. The topological polar surface area (TPSA) is 708 Å². The summed E-state index contributed by atoms with van der Waals surface area (Å²) in [6.07, 6.45) is 20.3. The lowest BCUT2D eigenvalue weighted by molar-refractivity contribution is -0.0987. The molecule has 0 aliphatic carbocycles. The van der Waals surface area contributed by atoms with Crippen LogP contribution in [0.5, 0.6) is 0 Å². The Labute approximate surface area is 790 Å². The number of aryl methyl sites for hydroxylation is 4. The molecule has 5 saturated heterocycles. The predicted octanol–water partition coefficient (Wildman–Crippen LogP) is 2.14. The van der Waals surface area contributed by atoms with Crippen molar-refractivity contribution < 1.29 is 129 Å². The lowest BCUT2D eigenvalue weighted by Crippen LogP contribution is -2.44. The number of anilines is 5. The zero-order valence-electron chi connectivity index (χ0n) is 76.2. The van der Waals surface area contributed by atoms with Crippen molar-refractivity contribution in [2.75, 3.05) is 74.5 Å². The van der Waals surface area contributed by atoms with Gasteiger partial charge in [-0.3, -0.25) is 28.2 Å². The van der Waals surface area contributed by atoms with E-state index in [1.807, 2.05) is 0 Å². The molecule has 0 unspecified atom stereocenters. The maximum atomic E-state index is 14.1. The molecule has 0 saturated carbocycles. The van der Waals surface area contributed by atoms with Gasteiger partial charge in [-0.2, -0.15) is 28.7 Å². The molecule has 0 spiro atoms. The SMILES string of the molecule is C#C[C@]1(CO)O[C@@H](n2cnc3c(NC(=O)OC(C)C)nc(F)nc32)C[C@@H]1O.C#C[C@]1(CO)O[C@@H](n2cnc3c(NCC4=C(C)OC(=C)O4)nc(F)nc32)C[C@@H]1O.C#C[C@]1(COC(=O)NC(C)C)O[C@@H](n2cnc3c(N)nc(C)nc32)C[C@@H]1O.C#C[C@]1(COC(=O)NC)O[C@@H](n2cnc3c(N)nc(C)nc32)C[C@@H]1O.C#C[C@]1(COC(=O)OCc2oc(=O)oc2C)O[C@@H](n2cnc3c(N)nc(C)nc32)C[C@@H]1O. The maximum Gasteiger partial charge on any atom is 0.519 e. The van der Waals surface area contributed by atoms with Crippen molar-refractivity contribution >= 4 is 109 Å². The molecule has 140 heavy (non-hydrogen) atoms. The number of aliphatic hydroxyl groups is 7. The summed E-state index contributed by atoms with van der Waals surface area (Å²) in [5.41, 5.74) is 13.1. The number of fused-ring (bicyclic) bond motifs is 5. The molecule has 6 aliphatic rings. The number of hydrogen-bond acceptors (Lipinski definition) is 45. The smallest absolute Gasteiger partial charge is 0.447 e. The van der Waals surface area contributed by atoms with Crippen LogP contribution in [0.3, 0.4) is 0 Å². The Morgan fingerprint density at radius 2 is 0.857 bits per heavy atom. The number of amides is 3. The highest BCUT2D eigenvalue weighted by Crippen LogP contribution is 2.45. The molecule has 740 valence electrons. The Bertz CT molecular complexity index is 6860. The standard InChI is InChI=1S/C19H19N5O8.C18H18FN5O5.C17H22N6O4.C16H18FN5O5.C15H18N6O4/c1-4-19(7-29-17(26)28-6-11-9(2)30-18(27)31-11)12(25)5-13(32-19)24-8-21-14-15(20)22-10(3)23-16(14)24;1-4-18(7-25)12(26)5-13(29-18)24-8-21-14-15(22-17(19)23-16(14)24)20-6-11-9(2)27-10(3)28-11;1-5-17(7-26-16(25)20-9(2)3)11(24)6-12(27-17)23-8-19-13-14(18)21-10(4)22-15(13)23;1-4-16(6-23)9(24)5-10(27-16)22-7-18-11-12(19-14(17)21-13(11)22)20-15(25)26-8(2)3;1-4-15(6-24-14(23)17-3)9(22)5-10(25-15)21-7-18-11-12(16)19-8(2)20-13(11)21/h1,8,12-13,25H,5-7H2,2-3H3,(H2,20,22,23);1,8,12-13,25-26H,3,5-7H2,2H3,(H,20,22,23);1,8-9,11-12,24H,6-7H2,2-4H3,(H,20,25)(H2,18,21,22);1,7-10,23-24H,5-6H2,2-3H3,(H,19,20,21,25);1,7,9-10,22H,5-6H2,2-3H3,(H,17,23)(H2,16,19,20)/t12-,13+,19+;12-,13+,18+;11-,12+,17+;9-,10+,16+;9-,10+,15+/m00000/s1. The van der Waals surface area contributed by atoms with Crippen LogP contribution in [0.1, 0.15) is 127 Å². The van der Waals surface area contributed by atoms with Crippen LogP contribution in [-0.4, -0.2) is 275 Å². The van der Waals surface area contributed by atoms with Gasteiger partial charge in [0.15, 0.2) is 120 Å². The quantitative estimate of drug-likeness (QED) is 0.0212. The highest BCUT2D eigenvalue weighted by molar-refractivity contribution is 5.93. The molecule has 17 N–H and O–H groups in total. The molecule has 11 aromatic heterocycles. The van der Waals surface area contributed by atoms with Gasteiger partial charge in [0.2, 0.25) is 0 Å². The number of aromatic nitrogens is 20. The second kappa shape index (κ2) is 41.7. The van der Waals surface area contributed by atoms with Gasteiger partial charge < -0.3 is 135 Å². The van der Waals surface area contributed by atoms with Gasteiger partial charge in [0.1, 0.15) is 121 Å². The molecular formula is C85H95F2N27O26. The maximum absolute atomic E-state index is 14.1. The Hall–Kier alpha value is -15.7. The number of halogens is 2. The van der Waals surface area contributed by atoms with Crippen LogP contribution in [0, 0.1) is 102 Å². The number of nitrogens with two attached hydrogens (primary N) is 3. The van der Waals surface area contributed by atoms with Crippen molar-refractivity contribution in [3.63, 3.8) is 0 Å². The zero-order chi connectivity index (χ0) is 102. The minimum Gasteiger partial charge on any atom is -0.447 e. The van der Waals surface area contributed by atoms with E-state index in [4.69, 9.17) is 111 Å². The first kappa shape index (κ1) is 102. The zero-order valence-corrected chi connectivity index (χ0v) is 76.2. The van der Waals surface area contributed by atoms with Gasteiger partial charge in [0, 0.05) is 45.2 Å². The van der Waals surface area contributed by atoms with Crippen molar-refractivity contribution in [3.8, 4) is 61.7 Å². The fourth-order valence-corrected chi connectivity index (χ4v) is 15.0. The number of nitrogens with zero attached hydrogens (tertiary/aromatic N) is 20. The minimum absolute atomic E-state index is 0.0188. The first-order valence-electron chi connectivity index (χ1n) is 42.3. The van der Waals surface area contributed by atoms with E-state index in [-0.39, 0.29) is 139 Å². The minimum atomic E-state index is -1.63. The Morgan fingerprint density at radius 1 is 0.500 bits per heavy atom. The van der Waals surface area contributed by atoms with E-state index in [9.17, 15) is 68.5 Å². The molecule has 6 aliphatic heterocycles. The third-order valence-corrected chi connectivity index (χ3v) is 22.1. The third-order valence-electron chi connectivity index (χ3n) is 22.1. The van der Waals surface area contributed by atoms with Gasteiger partial charge >= 0.3 is 42.4 Å². The van der Waals surface area contributed by atoms with E-state index in [2.05, 4.69) is 137 Å². The van der Waals surface area contributed by atoms with Crippen LogP contribution in [0.15, 0.2) is 69.3 Å². The Balaban J connectivity index is 0.000000148. The normalized spacial score (nSPS) is 24.9. The van der Waals surface area contributed by atoms with Gasteiger partial charge in [-0.15, -0.1) is 32.1 Å². The summed E-state index contributed by atoms with van der Waals surface area (Å²) in [7, 11) is 1.42. The molecule has 11 aromatic rings. The lowest BCUT2D eigenvalue weighted by Gasteiger charge is -2.26. The number of nitrogens with one attached hydrogen (secondary N) is 4. The van der Waals surface area contributed by atoms with Crippen LogP contribution in [-0.2, 0) is 63.4 Å². The number of rotatable bonds is 21. The van der Waals surface area contributed by atoms with Crippen LogP contribution in [0.2, 0.25) is 0 Å². The van der Waals surface area contributed by atoms with Gasteiger partial charge in [-0.25, -0.2) is 78.8 Å². The first-order chi connectivity index (χ1) is 66.5. The molecule has 0 aromatic carbocycles. The largest absolute Gasteiger partial charge is 0.519 e. The van der Waals surface area contributed by atoms with Gasteiger partial charge in [0.25, 0.3) is 5.95 Å². The van der Waals surface area contributed by atoms with E-state index in [0.717, 1.165) is 0 Å². The van der Waals surface area contributed by atoms with Crippen molar-refractivity contribution in [1.29, 1.82) is 0 Å². The molecule has 3 amide bonds. The van der Waals surface area contributed by atoms with E-state index in [1.54, 1.807) is 69.1 Å².